The van der Waals surface area contributed by atoms with Crippen molar-refractivity contribution in [3.8, 4) is 0 Å². The van der Waals surface area contributed by atoms with Gasteiger partial charge in [0.25, 0.3) is 5.91 Å². The van der Waals surface area contributed by atoms with Crippen molar-refractivity contribution in [1.82, 2.24) is 9.97 Å². The zero-order valence-electron chi connectivity index (χ0n) is 17.1. The summed E-state index contributed by atoms with van der Waals surface area (Å²) in [5, 5.41) is 3.14. The van der Waals surface area contributed by atoms with Crippen LogP contribution in [0, 0.1) is 5.92 Å². The Balaban J connectivity index is 1.78. The van der Waals surface area contributed by atoms with Gasteiger partial charge in [-0.2, -0.15) is 0 Å². The average Bonchev–Trinajstić information content (AvgIpc) is 3.05. The normalized spacial score (nSPS) is 16.3. The molecule has 0 aliphatic heterocycles. The van der Waals surface area contributed by atoms with Crippen molar-refractivity contribution in [1.29, 1.82) is 0 Å². The summed E-state index contributed by atoms with van der Waals surface area (Å²) in [5.74, 6) is -1.46. The fourth-order valence-corrected chi connectivity index (χ4v) is 4.65. The molecular formula is C20H24N4O5S. The Hall–Kier alpha value is -3.01. The van der Waals surface area contributed by atoms with E-state index in [1.165, 1.54) is 30.7 Å². The van der Waals surface area contributed by atoms with Gasteiger partial charge in [0, 0.05) is 17.3 Å². The van der Waals surface area contributed by atoms with Crippen molar-refractivity contribution in [2.45, 2.75) is 46.1 Å². The van der Waals surface area contributed by atoms with Crippen LogP contribution >= 0.6 is 11.3 Å². The highest BCUT2D eigenvalue weighted by molar-refractivity contribution is 7.17. The molecule has 1 aliphatic carbocycles. The van der Waals surface area contributed by atoms with Crippen LogP contribution < -0.4 is 11.1 Å². The second-order valence-electron chi connectivity index (χ2n) is 7.10. The van der Waals surface area contributed by atoms with E-state index in [1.807, 2.05) is 0 Å². The minimum absolute atomic E-state index is 0.0836. The van der Waals surface area contributed by atoms with E-state index in [2.05, 4.69) is 22.2 Å². The first-order valence-electron chi connectivity index (χ1n) is 9.71. The van der Waals surface area contributed by atoms with Crippen LogP contribution in [0.1, 0.15) is 58.5 Å². The number of rotatable bonds is 6. The summed E-state index contributed by atoms with van der Waals surface area (Å²) in [4.78, 5) is 46.1. The average molecular weight is 433 g/mol. The van der Waals surface area contributed by atoms with Gasteiger partial charge in [-0.05, 0) is 44.6 Å². The van der Waals surface area contributed by atoms with Gasteiger partial charge in [0.15, 0.2) is 17.6 Å². The molecule has 0 saturated carbocycles. The molecule has 0 radical (unpaired) electrons. The Kier molecular flexibility index (Phi) is 6.66. The molecule has 9 nitrogen and oxygen atoms in total. The lowest BCUT2D eigenvalue weighted by Crippen LogP contribution is -2.31. The van der Waals surface area contributed by atoms with Gasteiger partial charge in [-0.25, -0.2) is 19.6 Å². The number of aromatic nitrogens is 2. The summed E-state index contributed by atoms with van der Waals surface area (Å²) in [6.45, 7) is 5.56. The van der Waals surface area contributed by atoms with Gasteiger partial charge in [0.05, 0.1) is 12.2 Å². The number of esters is 2. The summed E-state index contributed by atoms with van der Waals surface area (Å²) >= 11 is 1.37. The number of carbonyl (C=O) groups excluding carboxylic acids is 3. The summed E-state index contributed by atoms with van der Waals surface area (Å²) in [5.41, 5.74) is 6.79. The third kappa shape index (κ3) is 4.59. The number of nitrogen functional groups attached to an aromatic ring is 1. The van der Waals surface area contributed by atoms with Crippen LogP contribution in [0.2, 0.25) is 0 Å². The first kappa shape index (κ1) is 21.7. The third-order valence-electron chi connectivity index (χ3n) is 4.80. The van der Waals surface area contributed by atoms with Gasteiger partial charge in [-0.3, -0.25) is 4.79 Å². The molecule has 1 amide bonds. The van der Waals surface area contributed by atoms with Crippen molar-refractivity contribution < 1.29 is 23.9 Å². The number of amides is 1. The molecule has 160 valence electrons. The number of hydrogen-bond acceptors (Lipinski definition) is 9. The van der Waals surface area contributed by atoms with Gasteiger partial charge in [-0.1, -0.05) is 6.92 Å². The molecule has 3 rings (SSSR count). The van der Waals surface area contributed by atoms with Crippen molar-refractivity contribution >= 4 is 40.0 Å². The van der Waals surface area contributed by atoms with Crippen LogP contribution in [-0.2, 0) is 27.1 Å². The van der Waals surface area contributed by atoms with E-state index in [4.69, 9.17) is 15.2 Å². The molecule has 0 bridgehead atoms. The molecule has 2 aromatic rings. The minimum atomic E-state index is -1.13. The predicted octanol–water partition coefficient (Wildman–Crippen LogP) is 2.61. The minimum Gasteiger partial charge on any atom is -0.462 e. The number of nitrogens with one attached hydrogen (secondary N) is 1. The Morgan fingerprint density at radius 3 is 2.73 bits per heavy atom. The molecule has 2 aromatic heterocycles. The molecule has 0 saturated heterocycles. The molecule has 30 heavy (non-hydrogen) atoms. The largest absolute Gasteiger partial charge is 0.462 e. The maximum absolute atomic E-state index is 12.7. The van der Waals surface area contributed by atoms with Gasteiger partial charge in [0.2, 0.25) is 0 Å². The fraction of sp³-hybridized carbons (Fsp3) is 0.450. The fourth-order valence-electron chi connectivity index (χ4n) is 3.25. The van der Waals surface area contributed by atoms with Crippen LogP contribution in [0.25, 0.3) is 0 Å². The highest BCUT2D eigenvalue weighted by atomic mass is 32.1. The number of fused-ring (bicyclic) bond motifs is 1. The molecule has 1 aliphatic rings. The van der Waals surface area contributed by atoms with Gasteiger partial charge in [0.1, 0.15) is 5.00 Å². The predicted molar refractivity (Wildman–Crippen MR) is 111 cm³/mol. The second kappa shape index (κ2) is 9.21. The number of carbonyl (C=O) groups is 3. The maximum atomic E-state index is 12.7. The van der Waals surface area contributed by atoms with Crippen LogP contribution in [0.15, 0.2) is 12.4 Å². The molecule has 2 unspecified atom stereocenters. The van der Waals surface area contributed by atoms with E-state index in [9.17, 15) is 14.4 Å². The lowest BCUT2D eigenvalue weighted by Gasteiger charge is -2.18. The molecule has 3 N–H and O–H groups in total. The maximum Gasteiger partial charge on any atom is 0.361 e. The Morgan fingerprint density at radius 1 is 1.30 bits per heavy atom. The van der Waals surface area contributed by atoms with Crippen molar-refractivity contribution in [2.24, 2.45) is 5.92 Å². The molecular weight excluding hydrogens is 408 g/mol. The van der Waals surface area contributed by atoms with E-state index in [1.54, 1.807) is 6.92 Å². The molecule has 2 atom stereocenters. The molecule has 10 heteroatoms. The Bertz CT molecular complexity index is 974. The van der Waals surface area contributed by atoms with E-state index in [0.717, 1.165) is 29.7 Å². The summed E-state index contributed by atoms with van der Waals surface area (Å²) in [7, 11) is 0. The first-order chi connectivity index (χ1) is 14.3. The van der Waals surface area contributed by atoms with E-state index < -0.39 is 23.9 Å². The van der Waals surface area contributed by atoms with Crippen molar-refractivity contribution in [3.63, 3.8) is 0 Å². The summed E-state index contributed by atoms with van der Waals surface area (Å²) in [6.07, 6.45) is 4.09. The SMILES string of the molecule is CCOC(=O)c1c(NC(=O)C(C)OC(=O)c2nccnc2N)sc2c1CCC(C)C2. The van der Waals surface area contributed by atoms with Crippen LogP contribution in [0.5, 0.6) is 0 Å². The number of thiophene rings is 1. The van der Waals surface area contributed by atoms with E-state index >= 15 is 0 Å². The zero-order valence-corrected chi connectivity index (χ0v) is 17.9. The highest BCUT2D eigenvalue weighted by Gasteiger charge is 2.30. The van der Waals surface area contributed by atoms with Crippen LogP contribution in [0.4, 0.5) is 10.8 Å². The van der Waals surface area contributed by atoms with Gasteiger partial charge in [-0.15, -0.1) is 11.3 Å². The van der Waals surface area contributed by atoms with Crippen LogP contribution in [-0.4, -0.2) is 40.5 Å². The van der Waals surface area contributed by atoms with Gasteiger partial charge < -0.3 is 20.5 Å². The topological polar surface area (TPSA) is 134 Å². The number of anilines is 2. The molecule has 0 aromatic carbocycles. The van der Waals surface area contributed by atoms with E-state index in [-0.39, 0.29) is 18.1 Å². The zero-order chi connectivity index (χ0) is 21.8. The lowest BCUT2D eigenvalue weighted by atomic mass is 9.88. The molecule has 0 spiro atoms. The quantitative estimate of drug-likeness (QED) is 0.666. The Morgan fingerprint density at radius 2 is 2.03 bits per heavy atom. The van der Waals surface area contributed by atoms with Crippen molar-refractivity contribution in [2.75, 3.05) is 17.7 Å². The molecule has 2 heterocycles. The van der Waals surface area contributed by atoms with Gasteiger partial charge >= 0.3 is 11.9 Å². The van der Waals surface area contributed by atoms with Crippen LogP contribution in [0.3, 0.4) is 0 Å². The third-order valence-corrected chi connectivity index (χ3v) is 5.97. The van der Waals surface area contributed by atoms with E-state index in [0.29, 0.717) is 16.5 Å². The standard InChI is InChI=1S/C20H24N4O5S/c1-4-28-19(26)14-12-6-5-10(2)9-13(12)30-18(14)24-17(25)11(3)29-20(27)15-16(21)23-8-7-22-15/h7-8,10-11H,4-6,9H2,1-3H3,(H2,21,23)(H,24,25). The lowest BCUT2D eigenvalue weighted by molar-refractivity contribution is -0.123. The Labute approximate surface area is 178 Å². The first-order valence-corrected chi connectivity index (χ1v) is 10.5. The summed E-state index contributed by atoms with van der Waals surface area (Å²) in [6, 6.07) is 0. The van der Waals surface area contributed by atoms with Crippen molar-refractivity contribution in [3.05, 3.63) is 34.1 Å². The number of hydrogen-bond donors (Lipinski definition) is 2. The smallest absolute Gasteiger partial charge is 0.361 e. The highest BCUT2D eigenvalue weighted by Crippen LogP contribution is 2.40. The number of nitrogens with two attached hydrogens (primary N) is 1. The molecule has 0 fully saturated rings. The number of nitrogens with zero attached hydrogens (tertiary/aromatic N) is 2. The summed E-state index contributed by atoms with van der Waals surface area (Å²) < 4.78 is 10.4. The second-order valence-corrected chi connectivity index (χ2v) is 8.21. The monoisotopic (exact) mass is 432 g/mol. The number of ether oxygens (including phenoxy) is 2.